The van der Waals surface area contributed by atoms with E-state index in [1.165, 1.54) is 5.69 Å². The average Bonchev–Trinajstić information content (AvgIpc) is 2.68. The molecule has 0 amide bonds. The van der Waals surface area contributed by atoms with Crippen LogP contribution in [0.2, 0.25) is 0 Å². The molecular formula is C11H16N4. The number of rotatable bonds is 1. The zero-order valence-corrected chi connectivity index (χ0v) is 9.57. The summed E-state index contributed by atoms with van der Waals surface area (Å²) in [5, 5.41) is 11.3. The third-order valence-electron chi connectivity index (χ3n) is 2.42. The first-order valence-corrected chi connectivity index (χ1v) is 5.03. The molecule has 2 heterocycles. The zero-order valence-electron chi connectivity index (χ0n) is 9.57. The normalized spacial score (nSPS) is 12.0. The Bertz CT molecular complexity index is 445. The van der Waals surface area contributed by atoms with Gasteiger partial charge in [-0.1, -0.05) is 20.8 Å². The van der Waals surface area contributed by atoms with E-state index in [0.29, 0.717) is 0 Å². The minimum Gasteiger partial charge on any atom is -0.276 e. The van der Waals surface area contributed by atoms with E-state index < -0.39 is 0 Å². The van der Waals surface area contributed by atoms with Gasteiger partial charge in [0.25, 0.3) is 0 Å². The molecule has 0 spiro atoms. The minimum atomic E-state index is 0.111. The van der Waals surface area contributed by atoms with Crippen LogP contribution in [0.1, 0.15) is 26.5 Å². The van der Waals surface area contributed by atoms with Crippen LogP contribution in [-0.2, 0) is 12.5 Å². The molecule has 15 heavy (non-hydrogen) atoms. The summed E-state index contributed by atoms with van der Waals surface area (Å²) in [7, 11) is 1.97. The molecule has 2 rings (SSSR count). The highest BCUT2D eigenvalue weighted by Crippen LogP contribution is 2.25. The molecule has 0 saturated carbocycles. The summed E-state index contributed by atoms with van der Waals surface area (Å²) in [5.74, 6) is 0. The van der Waals surface area contributed by atoms with Gasteiger partial charge in [0.2, 0.25) is 0 Å². The van der Waals surface area contributed by atoms with E-state index in [2.05, 4.69) is 42.1 Å². The molecule has 4 nitrogen and oxygen atoms in total. The number of aromatic nitrogens is 4. The van der Waals surface area contributed by atoms with E-state index in [1.807, 2.05) is 17.8 Å². The smallest absolute Gasteiger partial charge is 0.110 e. The molecule has 80 valence electrons. The van der Waals surface area contributed by atoms with Crippen LogP contribution in [0.15, 0.2) is 18.3 Å². The van der Waals surface area contributed by atoms with Crippen LogP contribution in [0.3, 0.4) is 0 Å². The second-order valence-corrected chi connectivity index (χ2v) is 4.76. The number of H-pyrrole nitrogens is 1. The Morgan fingerprint density at radius 2 is 2.07 bits per heavy atom. The van der Waals surface area contributed by atoms with Crippen molar-refractivity contribution in [1.29, 1.82) is 0 Å². The predicted molar refractivity (Wildman–Crippen MR) is 59.5 cm³/mol. The lowest BCUT2D eigenvalue weighted by molar-refractivity contribution is 0.523. The third-order valence-corrected chi connectivity index (χ3v) is 2.42. The fourth-order valence-electron chi connectivity index (χ4n) is 1.70. The van der Waals surface area contributed by atoms with Crippen molar-refractivity contribution in [3.05, 3.63) is 24.0 Å². The Hall–Kier alpha value is -1.58. The fourth-order valence-corrected chi connectivity index (χ4v) is 1.70. The fraction of sp³-hybridized carbons (Fsp3) is 0.455. The summed E-state index contributed by atoms with van der Waals surface area (Å²) in [4.78, 5) is 0. The monoisotopic (exact) mass is 204 g/mol. The second-order valence-electron chi connectivity index (χ2n) is 4.76. The van der Waals surface area contributed by atoms with E-state index in [1.54, 1.807) is 6.20 Å². The Morgan fingerprint density at radius 3 is 2.53 bits per heavy atom. The standard InChI is InChI=1S/C11H16N4/c1-11(2,3)10-7-9(14-15(10)4)8-5-6-12-13-8/h5-7H,1-4H3,(H,12,13). The SMILES string of the molecule is Cn1nc(-c2ccn[nH]2)cc1C(C)(C)C. The molecule has 0 aliphatic carbocycles. The first-order valence-electron chi connectivity index (χ1n) is 5.03. The number of hydrogen-bond donors (Lipinski definition) is 1. The molecule has 0 atom stereocenters. The van der Waals surface area contributed by atoms with Gasteiger partial charge in [-0.2, -0.15) is 10.2 Å². The van der Waals surface area contributed by atoms with Gasteiger partial charge in [0.15, 0.2) is 0 Å². The van der Waals surface area contributed by atoms with Crippen molar-refractivity contribution < 1.29 is 0 Å². The highest BCUT2D eigenvalue weighted by molar-refractivity contribution is 5.54. The van der Waals surface area contributed by atoms with Gasteiger partial charge in [-0.3, -0.25) is 9.78 Å². The maximum absolute atomic E-state index is 4.46. The molecule has 0 fully saturated rings. The summed E-state index contributed by atoms with van der Waals surface area (Å²) >= 11 is 0. The Labute approximate surface area is 89.3 Å². The van der Waals surface area contributed by atoms with Crippen LogP contribution < -0.4 is 0 Å². The van der Waals surface area contributed by atoms with Gasteiger partial charge in [0, 0.05) is 24.4 Å². The van der Waals surface area contributed by atoms with Crippen molar-refractivity contribution in [2.75, 3.05) is 0 Å². The van der Waals surface area contributed by atoms with Crippen molar-refractivity contribution in [2.24, 2.45) is 7.05 Å². The molecule has 0 bridgehead atoms. The van der Waals surface area contributed by atoms with Gasteiger partial charge in [0.05, 0.1) is 5.69 Å². The molecular weight excluding hydrogens is 188 g/mol. The lowest BCUT2D eigenvalue weighted by Crippen LogP contribution is -2.16. The largest absolute Gasteiger partial charge is 0.276 e. The molecule has 1 N–H and O–H groups in total. The summed E-state index contributed by atoms with van der Waals surface area (Å²) in [6.07, 6.45) is 1.74. The molecule has 0 aliphatic rings. The van der Waals surface area contributed by atoms with Crippen LogP contribution in [0, 0.1) is 0 Å². The van der Waals surface area contributed by atoms with E-state index in [4.69, 9.17) is 0 Å². The summed E-state index contributed by atoms with van der Waals surface area (Å²) in [5.41, 5.74) is 3.23. The first-order chi connectivity index (χ1) is 6.98. The van der Waals surface area contributed by atoms with Gasteiger partial charge >= 0.3 is 0 Å². The second kappa shape index (κ2) is 3.22. The third kappa shape index (κ3) is 1.79. The van der Waals surface area contributed by atoms with Gasteiger partial charge in [-0.25, -0.2) is 0 Å². The molecule has 0 radical (unpaired) electrons. The highest BCUT2D eigenvalue weighted by atomic mass is 15.3. The van der Waals surface area contributed by atoms with Crippen molar-refractivity contribution >= 4 is 0 Å². The molecule has 2 aromatic heterocycles. The zero-order chi connectivity index (χ0) is 11.1. The molecule has 4 heteroatoms. The molecule has 0 aromatic carbocycles. The quantitative estimate of drug-likeness (QED) is 0.773. The van der Waals surface area contributed by atoms with Crippen LogP contribution in [0.5, 0.6) is 0 Å². The van der Waals surface area contributed by atoms with Crippen molar-refractivity contribution in [2.45, 2.75) is 26.2 Å². The van der Waals surface area contributed by atoms with Gasteiger partial charge in [-0.05, 0) is 12.1 Å². The lowest BCUT2D eigenvalue weighted by atomic mass is 9.92. The predicted octanol–water partition coefficient (Wildman–Crippen LogP) is 2.11. The van der Waals surface area contributed by atoms with Gasteiger partial charge in [-0.15, -0.1) is 0 Å². The molecule has 0 saturated heterocycles. The number of aryl methyl sites for hydroxylation is 1. The minimum absolute atomic E-state index is 0.111. The van der Waals surface area contributed by atoms with Crippen molar-refractivity contribution in [3.63, 3.8) is 0 Å². The number of nitrogens with zero attached hydrogens (tertiary/aromatic N) is 3. The van der Waals surface area contributed by atoms with Crippen LogP contribution in [-0.4, -0.2) is 20.0 Å². The Morgan fingerprint density at radius 1 is 1.33 bits per heavy atom. The lowest BCUT2D eigenvalue weighted by Gasteiger charge is -2.17. The van der Waals surface area contributed by atoms with E-state index in [-0.39, 0.29) is 5.41 Å². The van der Waals surface area contributed by atoms with Crippen LogP contribution in [0.4, 0.5) is 0 Å². The Balaban J connectivity index is 2.47. The Kier molecular flexibility index (Phi) is 2.14. The van der Waals surface area contributed by atoms with E-state index in [9.17, 15) is 0 Å². The first kappa shape index (κ1) is 9.96. The van der Waals surface area contributed by atoms with Crippen LogP contribution in [0.25, 0.3) is 11.4 Å². The van der Waals surface area contributed by atoms with E-state index in [0.717, 1.165) is 11.4 Å². The summed E-state index contributed by atoms with van der Waals surface area (Å²) < 4.78 is 1.93. The number of nitrogens with one attached hydrogen (secondary N) is 1. The maximum atomic E-state index is 4.46. The van der Waals surface area contributed by atoms with Crippen LogP contribution >= 0.6 is 0 Å². The topological polar surface area (TPSA) is 46.5 Å². The molecule has 2 aromatic rings. The van der Waals surface area contributed by atoms with Gasteiger partial charge in [0.1, 0.15) is 5.69 Å². The maximum Gasteiger partial charge on any atom is 0.110 e. The number of aromatic amines is 1. The molecule has 0 aliphatic heterocycles. The van der Waals surface area contributed by atoms with Crippen molar-refractivity contribution in [3.8, 4) is 11.4 Å². The number of hydrogen-bond acceptors (Lipinski definition) is 2. The molecule has 0 unspecified atom stereocenters. The highest BCUT2D eigenvalue weighted by Gasteiger charge is 2.19. The van der Waals surface area contributed by atoms with E-state index >= 15 is 0 Å². The average molecular weight is 204 g/mol. The summed E-state index contributed by atoms with van der Waals surface area (Å²) in [6, 6.07) is 4.03. The summed E-state index contributed by atoms with van der Waals surface area (Å²) in [6.45, 7) is 6.54. The van der Waals surface area contributed by atoms with Gasteiger partial charge < -0.3 is 0 Å². The van der Waals surface area contributed by atoms with Crippen molar-refractivity contribution in [1.82, 2.24) is 20.0 Å².